The van der Waals surface area contributed by atoms with Crippen molar-refractivity contribution in [3.05, 3.63) is 16.1 Å². The highest BCUT2D eigenvalue weighted by molar-refractivity contribution is 7.09. The van der Waals surface area contributed by atoms with E-state index in [-0.39, 0.29) is 6.04 Å². The standard InChI is InChI=1S/C11H18N2OS/c1-8(12)10-7-15-11(13-10)6-9-2-4-14-5-3-9/h7-9H,2-6,12H2,1H3. The smallest absolute Gasteiger partial charge is 0.0931 e. The molecule has 0 aliphatic carbocycles. The number of hydrogen-bond acceptors (Lipinski definition) is 4. The van der Waals surface area contributed by atoms with Gasteiger partial charge < -0.3 is 10.5 Å². The molecule has 0 bridgehead atoms. The summed E-state index contributed by atoms with van der Waals surface area (Å²) in [6.07, 6.45) is 3.45. The molecule has 1 atom stereocenters. The molecule has 2 rings (SSSR count). The Hall–Kier alpha value is -0.450. The average Bonchev–Trinajstić information content (AvgIpc) is 2.68. The maximum absolute atomic E-state index is 5.78. The molecule has 0 aromatic carbocycles. The summed E-state index contributed by atoms with van der Waals surface area (Å²) in [5, 5.41) is 3.31. The maximum Gasteiger partial charge on any atom is 0.0931 e. The lowest BCUT2D eigenvalue weighted by Gasteiger charge is -2.20. The molecule has 15 heavy (non-hydrogen) atoms. The molecule has 1 aromatic rings. The van der Waals surface area contributed by atoms with Crippen molar-refractivity contribution in [2.45, 2.75) is 32.2 Å². The third-order valence-corrected chi connectivity index (χ3v) is 3.73. The Labute approximate surface area is 94.7 Å². The molecule has 0 radical (unpaired) electrons. The van der Waals surface area contributed by atoms with Gasteiger partial charge in [0.1, 0.15) is 0 Å². The molecule has 4 heteroatoms. The molecule has 1 unspecified atom stereocenters. The van der Waals surface area contributed by atoms with Crippen LogP contribution in [0.1, 0.15) is 36.5 Å². The molecule has 0 spiro atoms. The highest BCUT2D eigenvalue weighted by atomic mass is 32.1. The summed E-state index contributed by atoms with van der Waals surface area (Å²) in [4.78, 5) is 4.56. The Bertz CT molecular complexity index is 305. The van der Waals surface area contributed by atoms with Crippen molar-refractivity contribution in [3.63, 3.8) is 0 Å². The molecule has 0 amide bonds. The van der Waals surface area contributed by atoms with Gasteiger partial charge in [0.25, 0.3) is 0 Å². The maximum atomic E-state index is 5.78. The summed E-state index contributed by atoms with van der Waals surface area (Å²) in [6, 6.07) is 0.0599. The molecule has 1 saturated heterocycles. The summed E-state index contributed by atoms with van der Waals surface area (Å²) in [5.41, 5.74) is 6.81. The number of aromatic nitrogens is 1. The predicted octanol–water partition coefficient (Wildman–Crippen LogP) is 2.13. The summed E-state index contributed by atoms with van der Waals surface area (Å²) in [7, 11) is 0. The van der Waals surface area contributed by atoms with Crippen molar-refractivity contribution in [2.75, 3.05) is 13.2 Å². The van der Waals surface area contributed by atoms with Crippen molar-refractivity contribution in [3.8, 4) is 0 Å². The fourth-order valence-electron chi connectivity index (χ4n) is 1.83. The Morgan fingerprint density at radius 3 is 2.93 bits per heavy atom. The Kier molecular flexibility index (Phi) is 3.72. The first-order valence-electron chi connectivity index (χ1n) is 5.53. The second-order valence-corrected chi connectivity index (χ2v) is 5.16. The van der Waals surface area contributed by atoms with E-state index in [0.29, 0.717) is 0 Å². The third kappa shape index (κ3) is 3.00. The van der Waals surface area contributed by atoms with Gasteiger partial charge in [-0.2, -0.15) is 0 Å². The number of thiazole rings is 1. The molecular formula is C11H18N2OS. The summed E-state index contributed by atoms with van der Waals surface area (Å²) in [6.45, 7) is 3.81. The van der Waals surface area contributed by atoms with Crippen LogP contribution in [-0.2, 0) is 11.2 Å². The first kappa shape index (κ1) is 11.0. The zero-order chi connectivity index (χ0) is 10.7. The Morgan fingerprint density at radius 2 is 2.33 bits per heavy atom. The molecule has 2 heterocycles. The molecule has 3 nitrogen and oxygen atoms in total. The minimum absolute atomic E-state index is 0.0599. The van der Waals surface area contributed by atoms with Crippen LogP contribution in [-0.4, -0.2) is 18.2 Å². The normalized spacial score (nSPS) is 20.4. The van der Waals surface area contributed by atoms with E-state index in [0.717, 1.165) is 31.2 Å². The van der Waals surface area contributed by atoms with Crippen LogP contribution in [0.3, 0.4) is 0 Å². The van der Waals surface area contributed by atoms with Gasteiger partial charge >= 0.3 is 0 Å². The van der Waals surface area contributed by atoms with E-state index in [1.807, 2.05) is 6.92 Å². The van der Waals surface area contributed by atoms with Crippen LogP contribution < -0.4 is 5.73 Å². The minimum atomic E-state index is 0.0599. The fraction of sp³-hybridized carbons (Fsp3) is 0.727. The van der Waals surface area contributed by atoms with E-state index in [1.54, 1.807) is 11.3 Å². The number of hydrogen-bond donors (Lipinski definition) is 1. The first-order valence-corrected chi connectivity index (χ1v) is 6.41. The van der Waals surface area contributed by atoms with E-state index >= 15 is 0 Å². The fourth-order valence-corrected chi connectivity index (χ4v) is 2.84. The highest BCUT2D eigenvalue weighted by Gasteiger charge is 2.16. The highest BCUT2D eigenvalue weighted by Crippen LogP contribution is 2.23. The predicted molar refractivity (Wildman–Crippen MR) is 62.0 cm³/mol. The first-order chi connectivity index (χ1) is 7.25. The topological polar surface area (TPSA) is 48.1 Å². The average molecular weight is 226 g/mol. The van der Waals surface area contributed by atoms with Gasteiger partial charge in [-0.1, -0.05) is 0 Å². The second kappa shape index (κ2) is 5.05. The molecule has 84 valence electrons. The molecule has 0 saturated carbocycles. The van der Waals surface area contributed by atoms with E-state index in [2.05, 4.69) is 10.4 Å². The number of nitrogens with two attached hydrogens (primary N) is 1. The van der Waals surface area contributed by atoms with Crippen LogP contribution in [0.25, 0.3) is 0 Å². The number of nitrogens with zero attached hydrogens (tertiary/aromatic N) is 1. The van der Waals surface area contributed by atoms with Gasteiger partial charge in [-0.15, -0.1) is 11.3 Å². The summed E-state index contributed by atoms with van der Waals surface area (Å²) in [5.74, 6) is 0.755. The zero-order valence-electron chi connectivity index (χ0n) is 9.11. The lowest BCUT2D eigenvalue weighted by atomic mass is 9.97. The monoisotopic (exact) mass is 226 g/mol. The van der Waals surface area contributed by atoms with Gasteiger partial charge in [0.15, 0.2) is 0 Å². The molecule has 1 aliphatic heterocycles. The van der Waals surface area contributed by atoms with E-state index in [9.17, 15) is 0 Å². The molecule has 1 aromatic heterocycles. The molecule has 1 aliphatic rings. The Morgan fingerprint density at radius 1 is 1.60 bits per heavy atom. The summed E-state index contributed by atoms with van der Waals surface area (Å²) >= 11 is 1.74. The van der Waals surface area contributed by atoms with Gasteiger partial charge in [-0.25, -0.2) is 4.98 Å². The van der Waals surface area contributed by atoms with Crippen LogP contribution >= 0.6 is 11.3 Å². The van der Waals surface area contributed by atoms with E-state index in [4.69, 9.17) is 10.5 Å². The van der Waals surface area contributed by atoms with Gasteiger partial charge in [-0.05, 0) is 25.7 Å². The molecule has 1 fully saturated rings. The number of rotatable bonds is 3. The largest absolute Gasteiger partial charge is 0.381 e. The Balaban J connectivity index is 1.91. The van der Waals surface area contributed by atoms with Crippen LogP contribution in [0.15, 0.2) is 5.38 Å². The van der Waals surface area contributed by atoms with E-state index < -0.39 is 0 Å². The third-order valence-electron chi connectivity index (χ3n) is 2.84. The second-order valence-electron chi connectivity index (χ2n) is 4.21. The minimum Gasteiger partial charge on any atom is -0.381 e. The van der Waals surface area contributed by atoms with Gasteiger partial charge in [-0.3, -0.25) is 0 Å². The zero-order valence-corrected chi connectivity index (χ0v) is 9.93. The van der Waals surface area contributed by atoms with Crippen LogP contribution in [0.5, 0.6) is 0 Å². The van der Waals surface area contributed by atoms with Gasteiger partial charge in [0.2, 0.25) is 0 Å². The van der Waals surface area contributed by atoms with Crippen molar-refractivity contribution < 1.29 is 4.74 Å². The summed E-state index contributed by atoms with van der Waals surface area (Å²) < 4.78 is 5.34. The number of ether oxygens (including phenoxy) is 1. The quantitative estimate of drug-likeness (QED) is 0.859. The van der Waals surface area contributed by atoms with E-state index in [1.165, 1.54) is 17.8 Å². The van der Waals surface area contributed by atoms with Crippen molar-refractivity contribution in [2.24, 2.45) is 11.7 Å². The van der Waals surface area contributed by atoms with Gasteiger partial charge in [0, 0.05) is 31.1 Å². The molecule has 2 N–H and O–H groups in total. The van der Waals surface area contributed by atoms with Crippen LogP contribution in [0.2, 0.25) is 0 Å². The lowest BCUT2D eigenvalue weighted by Crippen LogP contribution is -2.17. The lowest BCUT2D eigenvalue weighted by molar-refractivity contribution is 0.0665. The van der Waals surface area contributed by atoms with Crippen LogP contribution in [0.4, 0.5) is 0 Å². The SMILES string of the molecule is CC(N)c1csc(CC2CCOCC2)n1. The van der Waals surface area contributed by atoms with Crippen molar-refractivity contribution in [1.29, 1.82) is 0 Å². The van der Waals surface area contributed by atoms with Crippen LogP contribution in [0, 0.1) is 5.92 Å². The van der Waals surface area contributed by atoms with Gasteiger partial charge in [0.05, 0.1) is 10.7 Å². The molecular weight excluding hydrogens is 208 g/mol. The van der Waals surface area contributed by atoms with Crippen molar-refractivity contribution in [1.82, 2.24) is 4.98 Å². The van der Waals surface area contributed by atoms with Crippen molar-refractivity contribution >= 4 is 11.3 Å².